The Labute approximate surface area is 107 Å². The van der Waals surface area contributed by atoms with Crippen LogP contribution in [-0.4, -0.2) is 31.6 Å². The van der Waals surface area contributed by atoms with Gasteiger partial charge in [-0.05, 0) is 22.8 Å². The lowest BCUT2D eigenvalue weighted by Gasteiger charge is -2.11. The minimum absolute atomic E-state index is 0.198. The molecule has 1 atom stereocenters. The maximum atomic E-state index is 11.1. The normalized spacial score (nSPS) is 13.7. The third-order valence-corrected chi connectivity index (χ3v) is 3.82. The molecular weight excluding hydrogens is 248 g/mol. The van der Waals surface area contributed by atoms with Gasteiger partial charge in [-0.25, -0.2) is 8.42 Å². The van der Waals surface area contributed by atoms with Crippen LogP contribution in [0.25, 0.3) is 10.8 Å². The second kappa shape index (κ2) is 5.08. The standard InChI is InChI=1S/C14H16O3S/c1-18(16,17)10-13(15)9-12-7-4-6-11-5-2-3-8-14(11)12/h2-8,13,15H,9-10H2,1H3. The number of sulfone groups is 1. The number of hydrogen-bond acceptors (Lipinski definition) is 3. The predicted molar refractivity (Wildman–Crippen MR) is 73.4 cm³/mol. The number of aliphatic hydroxyl groups is 1. The van der Waals surface area contributed by atoms with Gasteiger partial charge >= 0.3 is 0 Å². The smallest absolute Gasteiger partial charge is 0.150 e. The van der Waals surface area contributed by atoms with Crippen LogP contribution in [0.2, 0.25) is 0 Å². The highest BCUT2D eigenvalue weighted by Crippen LogP contribution is 2.19. The van der Waals surface area contributed by atoms with Crippen molar-refractivity contribution < 1.29 is 13.5 Å². The molecule has 0 heterocycles. The molecule has 2 aromatic carbocycles. The van der Waals surface area contributed by atoms with E-state index in [2.05, 4.69) is 0 Å². The largest absolute Gasteiger partial charge is 0.392 e. The summed E-state index contributed by atoms with van der Waals surface area (Å²) >= 11 is 0. The van der Waals surface area contributed by atoms with E-state index >= 15 is 0 Å². The molecule has 0 amide bonds. The Morgan fingerprint density at radius 3 is 2.50 bits per heavy atom. The molecule has 3 nitrogen and oxygen atoms in total. The van der Waals surface area contributed by atoms with Crippen molar-refractivity contribution in [3.63, 3.8) is 0 Å². The van der Waals surface area contributed by atoms with Crippen molar-refractivity contribution in [3.05, 3.63) is 48.0 Å². The Morgan fingerprint density at radius 1 is 1.11 bits per heavy atom. The summed E-state index contributed by atoms with van der Waals surface area (Å²) < 4.78 is 22.3. The predicted octanol–water partition coefficient (Wildman–Crippen LogP) is 1.79. The minimum Gasteiger partial charge on any atom is -0.392 e. The Morgan fingerprint density at radius 2 is 1.78 bits per heavy atom. The average molecular weight is 264 g/mol. The number of rotatable bonds is 4. The number of benzene rings is 2. The van der Waals surface area contributed by atoms with Crippen LogP contribution in [0.1, 0.15) is 5.56 Å². The summed E-state index contributed by atoms with van der Waals surface area (Å²) in [5.41, 5.74) is 0.976. The van der Waals surface area contributed by atoms with Gasteiger partial charge in [-0.15, -0.1) is 0 Å². The van der Waals surface area contributed by atoms with Crippen LogP contribution in [-0.2, 0) is 16.3 Å². The maximum absolute atomic E-state index is 11.1. The number of hydrogen-bond donors (Lipinski definition) is 1. The van der Waals surface area contributed by atoms with Crippen molar-refractivity contribution in [2.75, 3.05) is 12.0 Å². The van der Waals surface area contributed by atoms with E-state index in [0.29, 0.717) is 6.42 Å². The maximum Gasteiger partial charge on any atom is 0.150 e. The van der Waals surface area contributed by atoms with Crippen molar-refractivity contribution in [1.82, 2.24) is 0 Å². The molecule has 0 aliphatic heterocycles. The van der Waals surface area contributed by atoms with Crippen molar-refractivity contribution >= 4 is 20.6 Å². The van der Waals surface area contributed by atoms with Crippen LogP contribution in [0.3, 0.4) is 0 Å². The third-order valence-electron chi connectivity index (χ3n) is 2.83. The van der Waals surface area contributed by atoms with Crippen LogP contribution < -0.4 is 0 Å². The molecule has 1 unspecified atom stereocenters. The van der Waals surface area contributed by atoms with Gasteiger partial charge in [0.15, 0.2) is 0 Å². The zero-order valence-electron chi connectivity index (χ0n) is 10.2. The molecule has 0 bridgehead atoms. The van der Waals surface area contributed by atoms with Crippen LogP contribution in [0, 0.1) is 0 Å². The molecule has 4 heteroatoms. The molecular formula is C14H16O3S. The van der Waals surface area contributed by atoms with Crippen LogP contribution in [0.15, 0.2) is 42.5 Å². The van der Waals surface area contributed by atoms with Crippen LogP contribution in [0.5, 0.6) is 0 Å². The van der Waals surface area contributed by atoms with Gasteiger partial charge in [-0.1, -0.05) is 42.5 Å². The summed E-state index contributed by atoms with van der Waals surface area (Å²) in [7, 11) is -3.15. The van der Waals surface area contributed by atoms with Crippen molar-refractivity contribution in [1.29, 1.82) is 0 Å². The minimum atomic E-state index is -3.15. The number of aliphatic hydroxyl groups excluding tert-OH is 1. The number of fused-ring (bicyclic) bond motifs is 1. The molecule has 18 heavy (non-hydrogen) atoms. The first-order valence-corrected chi connectivity index (χ1v) is 7.84. The van der Waals surface area contributed by atoms with Gasteiger partial charge in [-0.3, -0.25) is 0 Å². The zero-order valence-corrected chi connectivity index (χ0v) is 11.0. The molecule has 0 saturated heterocycles. The fraction of sp³-hybridized carbons (Fsp3) is 0.286. The quantitative estimate of drug-likeness (QED) is 0.916. The lowest BCUT2D eigenvalue weighted by molar-refractivity contribution is 0.198. The van der Waals surface area contributed by atoms with Gasteiger partial charge < -0.3 is 5.11 Å². The molecule has 0 fully saturated rings. The summed E-state index contributed by atoms with van der Waals surface area (Å²) in [6, 6.07) is 13.7. The van der Waals surface area contributed by atoms with E-state index in [9.17, 15) is 13.5 Å². The zero-order chi connectivity index (χ0) is 13.2. The Bertz CT molecular complexity index is 642. The monoisotopic (exact) mass is 264 g/mol. The highest BCUT2D eigenvalue weighted by molar-refractivity contribution is 7.90. The summed E-state index contributed by atoms with van der Waals surface area (Å²) in [5.74, 6) is -0.198. The van der Waals surface area contributed by atoms with Gasteiger partial charge in [0.25, 0.3) is 0 Å². The van der Waals surface area contributed by atoms with Gasteiger partial charge in [0.1, 0.15) is 9.84 Å². The van der Waals surface area contributed by atoms with Gasteiger partial charge in [0.05, 0.1) is 11.9 Å². The van der Waals surface area contributed by atoms with Gasteiger partial charge in [0, 0.05) is 6.26 Å². The second-order valence-corrected chi connectivity index (χ2v) is 6.77. The lowest BCUT2D eigenvalue weighted by Crippen LogP contribution is -2.22. The average Bonchev–Trinajstić information content (AvgIpc) is 2.27. The molecule has 2 aromatic rings. The summed E-state index contributed by atoms with van der Waals surface area (Å²) in [6.45, 7) is 0. The van der Waals surface area contributed by atoms with Crippen LogP contribution >= 0.6 is 0 Å². The Hall–Kier alpha value is -1.39. The molecule has 1 N–H and O–H groups in total. The van der Waals surface area contributed by atoms with E-state index in [-0.39, 0.29) is 5.75 Å². The van der Waals surface area contributed by atoms with E-state index in [1.807, 2.05) is 42.5 Å². The summed E-state index contributed by atoms with van der Waals surface area (Å²) in [5, 5.41) is 12.0. The first-order chi connectivity index (χ1) is 8.46. The Balaban J connectivity index is 2.27. The van der Waals surface area contributed by atoms with E-state index in [1.54, 1.807) is 0 Å². The summed E-state index contributed by atoms with van der Waals surface area (Å²) in [6.07, 6.45) is 0.638. The molecule has 2 rings (SSSR count). The highest BCUT2D eigenvalue weighted by Gasteiger charge is 2.14. The molecule has 0 saturated carbocycles. The van der Waals surface area contributed by atoms with Crippen LogP contribution in [0.4, 0.5) is 0 Å². The third kappa shape index (κ3) is 3.31. The fourth-order valence-corrected chi connectivity index (χ4v) is 2.95. The molecule has 0 spiro atoms. The second-order valence-electron chi connectivity index (χ2n) is 4.59. The molecule has 96 valence electrons. The van der Waals surface area contributed by atoms with Gasteiger partial charge in [0.2, 0.25) is 0 Å². The van der Waals surface area contributed by atoms with Crippen molar-refractivity contribution in [2.24, 2.45) is 0 Å². The highest BCUT2D eigenvalue weighted by atomic mass is 32.2. The Kier molecular flexibility index (Phi) is 3.68. The van der Waals surface area contributed by atoms with Crippen molar-refractivity contribution in [3.8, 4) is 0 Å². The lowest BCUT2D eigenvalue weighted by atomic mass is 10.0. The molecule has 0 aliphatic rings. The first-order valence-electron chi connectivity index (χ1n) is 5.78. The SMILES string of the molecule is CS(=O)(=O)CC(O)Cc1cccc2ccccc12. The molecule has 0 radical (unpaired) electrons. The van der Waals surface area contributed by atoms with E-state index in [4.69, 9.17) is 0 Å². The molecule has 0 aliphatic carbocycles. The summed E-state index contributed by atoms with van der Waals surface area (Å²) in [4.78, 5) is 0. The first kappa shape index (κ1) is 13.1. The topological polar surface area (TPSA) is 54.4 Å². The van der Waals surface area contributed by atoms with E-state index in [1.165, 1.54) is 0 Å². The fourth-order valence-electron chi connectivity index (χ4n) is 2.13. The van der Waals surface area contributed by atoms with E-state index in [0.717, 1.165) is 22.6 Å². The van der Waals surface area contributed by atoms with E-state index < -0.39 is 15.9 Å². The van der Waals surface area contributed by atoms with Gasteiger partial charge in [-0.2, -0.15) is 0 Å². The van der Waals surface area contributed by atoms with Crippen molar-refractivity contribution in [2.45, 2.75) is 12.5 Å². The molecule has 0 aromatic heterocycles.